The Morgan fingerprint density at radius 3 is 2.56 bits per heavy atom. The van der Waals surface area contributed by atoms with Gasteiger partial charge in [-0.05, 0) is 19.0 Å². The first kappa shape index (κ1) is 6.07. The summed E-state index contributed by atoms with van der Waals surface area (Å²) in [5.41, 5.74) is -0.107. The van der Waals surface area contributed by atoms with Gasteiger partial charge in [-0.2, -0.15) is 10.2 Å². The van der Waals surface area contributed by atoms with Crippen molar-refractivity contribution < 1.29 is 0 Å². The largest absolute Gasteiger partial charge is 0.176 e. The molecule has 0 amide bonds. The third-order valence-electron chi connectivity index (χ3n) is 1.21. The molecule has 1 aliphatic heterocycles. The van der Waals surface area contributed by atoms with Gasteiger partial charge in [0.25, 0.3) is 0 Å². The van der Waals surface area contributed by atoms with Gasteiger partial charge in [0, 0.05) is 0 Å². The normalized spacial score (nSPS) is 21.8. The predicted octanol–water partition coefficient (Wildman–Crippen LogP) is 1.84. The highest BCUT2D eigenvalue weighted by Gasteiger charge is 2.27. The van der Waals surface area contributed by atoms with E-state index < -0.39 is 5.54 Å². The van der Waals surface area contributed by atoms with Crippen LogP contribution in [0.25, 0.3) is 0 Å². The van der Waals surface area contributed by atoms with Gasteiger partial charge in [0.15, 0.2) is 0 Å². The fraction of sp³-hybridized carbons (Fsp3) is 0.600. The van der Waals surface area contributed by atoms with Crippen LogP contribution in [0.1, 0.15) is 13.8 Å². The molecule has 0 unspecified atom stereocenters. The zero-order valence-electron chi connectivity index (χ0n) is 5.33. The average molecular weight is 125 g/mol. The summed E-state index contributed by atoms with van der Waals surface area (Å²) < 4.78 is 0. The van der Waals surface area contributed by atoms with Crippen LogP contribution in [0, 0.1) is 4.91 Å². The molecule has 48 valence electrons. The van der Waals surface area contributed by atoms with Crippen LogP contribution >= 0.6 is 0 Å². The van der Waals surface area contributed by atoms with E-state index in [1.54, 1.807) is 13.8 Å². The van der Waals surface area contributed by atoms with Gasteiger partial charge in [-0.15, -0.1) is 4.91 Å². The molecule has 4 nitrogen and oxygen atoms in total. The molecule has 0 N–H and O–H groups in total. The quantitative estimate of drug-likeness (QED) is 0.493. The van der Waals surface area contributed by atoms with Crippen LogP contribution in [0.5, 0.6) is 0 Å². The monoisotopic (exact) mass is 125 g/mol. The first-order chi connectivity index (χ1) is 4.17. The van der Waals surface area contributed by atoms with Crippen LogP contribution in [0.15, 0.2) is 27.3 Å². The highest BCUT2D eigenvalue weighted by molar-refractivity contribution is 5.18. The molecule has 1 heterocycles. The Kier molecular flexibility index (Phi) is 1.16. The van der Waals surface area contributed by atoms with Gasteiger partial charge in [0.05, 0.1) is 6.20 Å². The van der Waals surface area contributed by atoms with E-state index in [0.717, 1.165) is 0 Å². The van der Waals surface area contributed by atoms with E-state index in [1.807, 2.05) is 0 Å². The van der Waals surface area contributed by atoms with Crippen LogP contribution in [0.3, 0.4) is 0 Å². The van der Waals surface area contributed by atoms with Crippen molar-refractivity contribution in [1.82, 2.24) is 0 Å². The second-order valence-electron chi connectivity index (χ2n) is 2.38. The number of rotatable bonds is 1. The summed E-state index contributed by atoms with van der Waals surface area (Å²) in [6, 6.07) is 0. The van der Waals surface area contributed by atoms with E-state index in [2.05, 4.69) is 15.4 Å². The van der Waals surface area contributed by atoms with E-state index in [9.17, 15) is 4.91 Å². The van der Waals surface area contributed by atoms with Crippen LogP contribution < -0.4 is 0 Å². The van der Waals surface area contributed by atoms with Gasteiger partial charge in [0.1, 0.15) is 11.2 Å². The Bertz CT molecular complexity index is 192. The maximum absolute atomic E-state index is 9.98. The molecule has 0 saturated heterocycles. The first-order valence-corrected chi connectivity index (χ1v) is 2.63. The maximum atomic E-state index is 9.98. The molecule has 4 heteroatoms. The van der Waals surface area contributed by atoms with Gasteiger partial charge >= 0.3 is 0 Å². The van der Waals surface area contributed by atoms with Crippen molar-refractivity contribution in [1.29, 1.82) is 0 Å². The molecule has 0 aromatic rings. The summed E-state index contributed by atoms with van der Waals surface area (Å²) in [5, 5.41) is 10.1. The van der Waals surface area contributed by atoms with Crippen molar-refractivity contribution in [2.24, 2.45) is 15.4 Å². The molecule has 9 heavy (non-hydrogen) atoms. The standard InChI is InChI=1S/C5H7N3O/c1-5(2)4(7-9)3-6-8-5/h3H,1-2H3. The molecule has 0 radical (unpaired) electrons. The highest BCUT2D eigenvalue weighted by atomic mass is 16.3. The van der Waals surface area contributed by atoms with Crippen molar-refractivity contribution in [3.63, 3.8) is 0 Å². The van der Waals surface area contributed by atoms with Crippen LogP contribution in [0.2, 0.25) is 0 Å². The number of hydrogen-bond donors (Lipinski definition) is 0. The molecular formula is C5H7N3O. The minimum atomic E-state index is -0.498. The van der Waals surface area contributed by atoms with Crippen molar-refractivity contribution in [3.05, 3.63) is 16.8 Å². The predicted molar refractivity (Wildman–Crippen MR) is 32.8 cm³/mol. The molecule has 0 aromatic carbocycles. The summed E-state index contributed by atoms with van der Waals surface area (Å²) in [7, 11) is 0. The first-order valence-electron chi connectivity index (χ1n) is 2.63. The van der Waals surface area contributed by atoms with E-state index in [4.69, 9.17) is 0 Å². The third-order valence-corrected chi connectivity index (χ3v) is 1.21. The topological polar surface area (TPSA) is 54.1 Å². The molecular weight excluding hydrogens is 118 g/mol. The molecule has 0 spiro atoms. The maximum Gasteiger partial charge on any atom is 0.134 e. The van der Waals surface area contributed by atoms with Gasteiger partial charge in [-0.1, -0.05) is 0 Å². The Morgan fingerprint density at radius 2 is 2.33 bits per heavy atom. The highest BCUT2D eigenvalue weighted by Crippen LogP contribution is 2.26. The fourth-order valence-electron chi connectivity index (χ4n) is 0.572. The van der Waals surface area contributed by atoms with Gasteiger partial charge < -0.3 is 0 Å². The summed E-state index contributed by atoms with van der Waals surface area (Å²) >= 11 is 0. The molecule has 0 bridgehead atoms. The molecule has 0 atom stereocenters. The van der Waals surface area contributed by atoms with Crippen molar-refractivity contribution >= 4 is 0 Å². The van der Waals surface area contributed by atoms with E-state index in [0.29, 0.717) is 5.70 Å². The second kappa shape index (κ2) is 1.72. The SMILES string of the molecule is CC1(C)N=NC=C1N=O. The molecule has 1 rings (SSSR count). The van der Waals surface area contributed by atoms with E-state index in [1.165, 1.54) is 6.20 Å². The molecule has 0 saturated carbocycles. The zero-order chi connectivity index (χ0) is 6.91. The number of azo groups is 1. The summed E-state index contributed by atoms with van der Waals surface area (Å²) in [4.78, 5) is 9.98. The van der Waals surface area contributed by atoms with Crippen LogP contribution in [0.4, 0.5) is 0 Å². The number of nitrogens with zero attached hydrogens (tertiary/aromatic N) is 3. The minimum absolute atomic E-state index is 0.391. The van der Waals surface area contributed by atoms with Crippen molar-refractivity contribution in [2.75, 3.05) is 0 Å². The van der Waals surface area contributed by atoms with Crippen LogP contribution in [-0.2, 0) is 0 Å². The Balaban J connectivity index is 2.91. The van der Waals surface area contributed by atoms with E-state index >= 15 is 0 Å². The minimum Gasteiger partial charge on any atom is -0.176 e. The molecule has 1 aliphatic rings. The Labute approximate surface area is 52.6 Å². The van der Waals surface area contributed by atoms with Crippen molar-refractivity contribution in [2.45, 2.75) is 19.4 Å². The lowest BCUT2D eigenvalue weighted by molar-refractivity contribution is 0.602. The van der Waals surface area contributed by atoms with Gasteiger partial charge in [-0.25, -0.2) is 0 Å². The number of hydrogen-bond acceptors (Lipinski definition) is 4. The van der Waals surface area contributed by atoms with Crippen molar-refractivity contribution in [3.8, 4) is 0 Å². The zero-order valence-corrected chi connectivity index (χ0v) is 5.33. The smallest absolute Gasteiger partial charge is 0.134 e. The fourth-order valence-corrected chi connectivity index (χ4v) is 0.572. The number of nitroso groups, excluding NO2 is 1. The molecule has 0 fully saturated rings. The molecule has 0 aliphatic carbocycles. The Morgan fingerprint density at radius 1 is 1.67 bits per heavy atom. The molecule has 0 aromatic heterocycles. The van der Waals surface area contributed by atoms with Gasteiger partial charge in [-0.3, -0.25) is 0 Å². The van der Waals surface area contributed by atoms with Crippen LogP contribution in [-0.4, -0.2) is 5.54 Å². The lowest BCUT2D eigenvalue weighted by atomic mass is 10.0. The third kappa shape index (κ3) is 0.872. The Hall–Kier alpha value is -1.06. The summed E-state index contributed by atoms with van der Waals surface area (Å²) in [5.74, 6) is 0. The van der Waals surface area contributed by atoms with E-state index in [-0.39, 0.29) is 0 Å². The average Bonchev–Trinajstić information content (AvgIpc) is 2.08. The summed E-state index contributed by atoms with van der Waals surface area (Å²) in [6.07, 6.45) is 1.38. The lowest BCUT2D eigenvalue weighted by Crippen LogP contribution is -2.14. The van der Waals surface area contributed by atoms with Gasteiger partial charge in [0.2, 0.25) is 0 Å². The summed E-state index contributed by atoms with van der Waals surface area (Å²) in [6.45, 7) is 3.58. The second-order valence-corrected chi connectivity index (χ2v) is 2.38. The lowest BCUT2D eigenvalue weighted by Gasteiger charge is -2.09.